The van der Waals surface area contributed by atoms with Crippen molar-refractivity contribution in [3.63, 3.8) is 0 Å². The van der Waals surface area contributed by atoms with E-state index in [9.17, 15) is 4.79 Å². The van der Waals surface area contributed by atoms with Crippen LogP contribution < -0.4 is 0 Å². The normalized spacial score (nSPS) is 42.9. The zero-order valence-corrected chi connectivity index (χ0v) is 27.8. The highest BCUT2D eigenvalue weighted by atomic mass is 28.4. The van der Waals surface area contributed by atoms with Crippen molar-refractivity contribution in [1.82, 2.24) is 0 Å². The Morgan fingerprint density at radius 1 is 0.919 bits per heavy atom. The van der Waals surface area contributed by atoms with Crippen LogP contribution in [0.1, 0.15) is 85.0 Å². The van der Waals surface area contributed by atoms with Gasteiger partial charge in [0, 0.05) is 12.5 Å². The van der Waals surface area contributed by atoms with E-state index in [4.69, 9.17) is 13.6 Å². The first-order valence-corrected chi connectivity index (χ1v) is 22.3. The van der Waals surface area contributed by atoms with Gasteiger partial charge in [-0.2, -0.15) is 0 Å². The Hall–Kier alpha value is -0.176. The quantitative estimate of drug-likeness (QED) is 0.225. The van der Waals surface area contributed by atoms with Crippen molar-refractivity contribution in [2.24, 2.45) is 46.3 Å². The van der Waals surface area contributed by atoms with Crippen LogP contribution in [0, 0.1) is 46.3 Å². The molecule has 0 radical (unpaired) electrons. The molecule has 4 nitrogen and oxygen atoms in total. The van der Waals surface area contributed by atoms with Gasteiger partial charge < -0.3 is 13.6 Å². The molecule has 0 bridgehead atoms. The second-order valence-corrected chi connectivity index (χ2v) is 24.8. The van der Waals surface area contributed by atoms with E-state index < -0.39 is 16.6 Å². The van der Waals surface area contributed by atoms with Crippen molar-refractivity contribution < 1.29 is 18.4 Å². The Morgan fingerprint density at radius 3 is 2.22 bits per heavy atom. The van der Waals surface area contributed by atoms with Gasteiger partial charge in [-0.15, -0.1) is 0 Å². The summed E-state index contributed by atoms with van der Waals surface area (Å²) in [5, 5.41) is 0. The number of esters is 1. The molecule has 0 aromatic heterocycles. The zero-order chi connectivity index (χ0) is 27.4. The highest BCUT2D eigenvalue weighted by molar-refractivity contribution is 6.70. The Kier molecular flexibility index (Phi) is 8.59. The average molecular weight is 551 g/mol. The summed E-state index contributed by atoms with van der Waals surface area (Å²) in [6.07, 6.45) is 12.8. The van der Waals surface area contributed by atoms with E-state index in [-0.39, 0.29) is 11.4 Å². The Morgan fingerprint density at radius 2 is 1.59 bits per heavy atom. The van der Waals surface area contributed by atoms with Crippen molar-refractivity contribution in [3.05, 3.63) is 0 Å². The summed E-state index contributed by atoms with van der Waals surface area (Å²) < 4.78 is 19.4. The molecule has 10 atom stereocenters. The molecule has 0 aliphatic heterocycles. The van der Waals surface area contributed by atoms with Gasteiger partial charge in [-0.1, -0.05) is 33.6 Å². The maximum atomic E-state index is 12.0. The maximum absolute atomic E-state index is 12.0. The number of ether oxygens (including phenoxy) is 1. The molecule has 0 aromatic carbocycles. The van der Waals surface area contributed by atoms with Gasteiger partial charge in [0.1, 0.15) is 0 Å². The lowest BCUT2D eigenvalue weighted by Gasteiger charge is -2.65. The van der Waals surface area contributed by atoms with Crippen LogP contribution in [0.25, 0.3) is 0 Å². The van der Waals surface area contributed by atoms with Crippen molar-refractivity contribution in [2.75, 3.05) is 7.11 Å². The number of fused-ring (bicyclic) bond motifs is 5. The van der Waals surface area contributed by atoms with E-state index in [1.807, 2.05) is 0 Å². The number of hydrogen-bond acceptors (Lipinski definition) is 4. The number of rotatable bonds is 8. The Bertz CT molecular complexity index is 819. The number of methoxy groups -OCH3 is 1. The van der Waals surface area contributed by atoms with E-state index in [1.165, 1.54) is 58.5 Å². The van der Waals surface area contributed by atoms with Gasteiger partial charge in [-0.25, -0.2) is 0 Å². The fourth-order valence-electron chi connectivity index (χ4n) is 9.96. The molecule has 0 saturated heterocycles. The lowest BCUT2D eigenvalue weighted by Crippen LogP contribution is -2.64. The summed E-state index contributed by atoms with van der Waals surface area (Å²) in [4.78, 5) is 12.0. The van der Waals surface area contributed by atoms with Crippen LogP contribution in [0.4, 0.5) is 0 Å². The van der Waals surface area contributed by atoms with Crippen LogP contribution in [-0.2, 0) is 18.4 Å². The highest BCUT2D eigenvalue weighted by Gasteiger charge is 2.66. The van der Waals surface area contributed by atoms with Crippen LogP contribution in [0.5, 0.6) is 0 Å². The first-order chi connectivity index (χ1) is 17.1. The van der Waals surface area contributed by atoms with Gasteiger partial charge in [-0.05, 0) is 131 Å². The van der Waals surface area contributed by atoms with E-state index in [2.05, 4.69) is 60.1 Å². The minimum Gasteiger partial charge on any atom is -0.469 e. The molecule has 4 saturated carbocycles. The van der Waals surface area contributed by atoms with Crippen LogP contribution >= 0.6 is 0 Å². The molecule has 6 heteroatoms. The van der Waals surface area contributed by atoms with Gasteiger partial charge in [0.05, 0.1) is 13.2 Å². The van der Waals surface area contributed by atoms with E-state index >= 15 is 0 Å². The van der Waals surface area contributed by atoms with Crippen LogP contribution in [0.3, 0.4) is 0 Å². The average Bonchev–Trinajstić information content (AvgIpc) is 3.14. The molecule has 4 aliphatic rings. The molecule has 37 heavy (non-hydrogen) atoms. The van der Waals surface area contributed by atoms with Crippen LogP contribution in [0.15, 0.2) is 0 Å². The molecule has 0 unspecified atom stereocenters. The summed E-state index contributed by atoms with van der Waals surface area (Å²) in [5.74, 6) is 3.82. The summed E-state index contributed by atoms with van der Waals surface area (Å²) in [6, 6.07) is 0. The molecule has 0 aromatic rings. The minimum absolute atomic E-state index is 0.0719. The second kappa shape index (κ2) is 10.7. The van der Waals surface area contributed by atoms with Gasteiger partial charge >= 0.3 is 5.97 Å². The van der Waals surface area contributed by atoms with Crippen molar-refractivity contribution in [3.8, 4) is 0 Å². The summed E-state index contributed by atoms with van der Waals surface area (Å²) in [5.41, 5.74) is 0.578. The molecular formula is C31H58O4Si2. The van der Waals surface area contributed by atoms with Crippen LogP contribution in [0.2, 0.25) is 39.3 Å². The van der Waals surface area contributed by atoms with Crippen molar-refractivity contribution in [2.45, 2.75) is 136 Å². The van der Waals surface area contributed by atoms with Gasteiger partial charge in [0.2, 0.25) is 0 Å². The smallest absolute Gasteiger partial charge is 0.305 e. The third kappa shape index (κ3) is 5.83. The molecule has 0 N–H and O–H groups in total. The van der Waals surface area contributed by atoms with E-state index in [1.54, 1.807) is 0 Å². The highest BCUT2D eigenvalue weighted by Crippen LogP contribution is 2.69. The third-order valence-electron chi connectivity index (χ3n) is 11.4. The largest absolute Gasteiger partial charge is 0.469 e. The fourth-order valence-corrected chi connectivity index (χ4v) is 12.3. The minimum atomic E-state index is -1.74. The molecule has 4 aliphatic carbocycles. The van der Waals surface area contributed by atoms with Crippen molar-refractivity contribution >= 4 is 22.6 Å². The monoisotopic (exact) mass is 550 g/mol. The first-order valence-electron chi connectivity index (χ1n) is 15.5. The zero-order valence-electron chi connectivity index (χ0n) is 25.8. The summed E-state index contributed by atoms with van der Waals surface area (Å²) in [6.45, 7) is 22.0. The summed E-state index contributed by atoms with van der Waals surface area (Å²) >= 11 is 0. The molecule has 0 heterocycles. The molecule has 4 rings (SSSR count). The second-order valence-electron chi connectivity index (χ2n) is 15.8. The predicted molar refractivity (Wildman–Crippen MR) is 157 cm³/mol. The van der Waals surface area contributed by atoms with E-state index in [0.717, 1.165) is 12.3 Å². The first kappa shape index (κ1) is 29.8. The Balaban J connectivity index is 1.74. The molecule has 0 spiro atoms. The number of carbonyl (C=O) groups excluding carboxylic acids is 1. The van der Waals surface area contributed by atoms with Gasteiger partial charge in [0.25, 0.3) is 0 Å². The standard InChI is InChI=1S/C31H58O4Si2/c1-21(14-17-28(32)33-4)23-15-16-24-29-25(20-27(31(23,24)3)35-37(8,9)10)30(2)18-12-11-13-22(30)19-26(29)34-36(5,6)7/h21-27,29H,11-20H2,1-10H3/t21-,22+,23-,24+,25+,26+,27+,29+,30+,31-/m1/s1. The van der Waals surface area contributed by atoms with Crippen molar-refractivity contribution in [1.29, 1.82) is 0 Å². The molecule has 4 fully saturated rings. The lowest BCUT2D eigenvalue weighted by atomic mass is 9.43. The van der Waals surface area contributed by atoms with Gasteiger partial charge in [0.15, 0.2) is 16.6 Å². The SMILES string of the molecule is COC(=O)CC[C@@H](C)[C@H]1CC[C@H]2[C@@H]3[C@@H](O[Si](C)(C)C)C[C@@H]4CCCC[C@]4(C)[C@H]3C[C@H](O[Si](C)(C)C)[C@]12C. The summed E-state index contributed by atoms with van der Waals surface area (Å²) in [7, 11) is -1.89. The fraction of sp³-hybridized carbons (Fsp3) is 0.968. The third-order valence-corrected chi connectivity index (χ3v) is 13.4. The maximum Gasteiger partial charge on any atom is 0.305 e. The topological polar surface area (TPSA) is 44.8 Å². The van der Waals surface area contributed by atoms with Gasteiger partial charge in [-0.3, -0.25) is 4.79 Å². The Labute approximate surface area is 230 Å². The number of carbonyl (C=O) groups is 1. The molecule has 0 amide bonds. The lowest BCUT2D eigenvalue weighted by molar-refractivity contribution is -0.193. The number of hydrogen-bond donors (Lipinski definition) is 0. The molecular weight excluding hydrogens is 493 g/mol. The predicted octanol–water partition coefficient (Wildman–Crippen LogP) is 8.28. The van der Waals surface area contributed by atoms with E-state index in [0.29, 0.717) is 53.6 Å². The molecule has 214 valence electrons. The van der Waals surface area contributed by atoms with Crippen LogP contribution in [-0.4, -0.2) is 41.9 Å².